The third-order valence-corrected chi connectivity index (χ3v) is 6.99. The van der Waals surface area contributed by atoms with Gasteiger partial charge in [0.1, 0.15) is 0 Å². The van der Waals surface area contributed by atoms with Crippen LogP contribution in [0.15, 0.2) is 0 Å². The molecule has 2 rings (SSSR count). The molecule has 2 aliphatic heterocycles. The van der Waals surface area contributed by atoms with Crippen LogP contribution < -0.4 is 0 Å². The van der Waals surface area contributed by atoms with Crippen LogP contribution in [0.25, 0.3) is 0 Å². The van der Waals surface area contributed by atoms with Crippen molar-refractivity contribution in [2.45, 2.75) is 12.8 Å². The van der Waals surface area contributed by atoms with Crippen molar-refractivity contribution in [3.05, 3.63) is 0 Å². The van der Waals surface area contributed by atoms with E-state index < -0.39 is 56.8 Å². The average Bonchev–Trinajstić information content (AvgIpc) is 1.96. The Labute approximate surface area is 88.5 Å². The van der Waals surface area contributed by atoms with E-state index in [9.17, 15) is 19.2 Å². The summed E-state index contributed by atoms with van der Waals surface area (Å²) in [4.78, 5) is 43.6. The average molecular weight is 323 g/mol. The van der Waals surface area contributed by atoms with Gasteiger partial charge in [-0.2, -0.15) is 0 Å². The fraction of sp³-hybridized carbons (Fsp3) is 0.333. The molecule has 2 heterocycles. The summed E-state index contributed by atoms with van der Waals surface area (Å²) in [5.74, 6) is -3.65. The molecule has 0 aromatic heterocycles. The third kappa shape index (κ3) is 2.03. The van der Waals surface area contributed by atoms with Crippen LogP contribution in [0.2, 0.25) is 0 Å². The van der Waals surface area contributed by atoms with E-state index in [-0.39, 0.29) is 0 Å². The van der Waals surface area contributed by atoms with Gasteiger partial charge in [-0.05, 0) is 0 Å². The third-order valence-electron chi connectivity index (χ3n) is 1.53. The molecular weight excluding hydrogens is 319 g/mol. The van der Waals surface area contributed by atoms with Crippen LogP contribution in [0.4, 0.5) is 0 Å². The SMILES string of the molecule is O=C1CC(=O)[O][Sn]2([O]1)[O]C(=O)CC(=O)[O]2. The Hall–Kier alpha value is -1.32. The van der Waals surface area contributed by atoms with Crippen LogP contribution in [0.1, 0.15) is 12.8 Å². The maximum atomic E-state index is 10.9. The van der Waals surface area contributed by atoms with Crippen LogP contribution in [0.3, 0.4) is 0 Å². The van der Waals surface area contributed by atoms with Crippen molar-refractivity contribution in [1.29, 1.82) is 0 Å². The molecule has 0 aliphatic carbocycles. The molecule has 0 aromatic carbocycles. The van der Waals surface area contributed by atoms with Crippen molar-refractivity contribution >= 4 is 43.9 Å². The van der Waals surface area contributed by atoms with Gasteiger partial charge in [0.15, 0.2) is 0 Å². The van der Waals surface area contributed by atoms with Crippen LogP contribution in [-0.4, -0.2) is 43.9 Å². The normalized spacial score (nSPS) is 24.0. The van der Waals surface area contributed by atoms with Gasteiger partial charge in [-0.3, -0.25) is 0 Å². The number of rotatable bonds is 0. The van der Waals surface area contributed by atoms with Crippen LogP contribution in [0, 0.1) is 0 Å². The molecule has 0 saturated carbocycles. The second kappa shape index (κ2) is 3.36. The van der Waals surface area contributed by atoms with Crippen molar-refractivity contribution in [3.8, 4) is 0 Å². The summed E-state index contributed by atoms with van der Waals surface area (Å²) in [6.07, 6.45) is -1.15. The summed E-state index contributed by atoms with van der Waals surface area (Å²) in [5.41, 5.74) is 0. The van der Waals surface area contributed by atoms with Crippen molar-refractivity contribution in [2.24, 2.45) is 0 Å². The molecule has 0 radical (unpaired) electrons. The van der Waals surface area contributed by atoms with Gasteiger partial charge >= 0.3 is 88.2 Å². The summed E-state index contributed by atoms with van der Waals surface area (Å²) in [7, 11) is 0. The number of carbonyl (C=O) groups excluding carboxylic acids is 4. The second-order valence-corrected chi connectivity index (χ2v) is 7.93. The molecule has 0 atom stereocenters. The minimum absolute atomic E-state index is 0.576. The van der Waals surface area contributed by atoms with E-state index in [0.717, 1.165) is 0 Å². The van der Waals surface area contributed by atoms with Gasteiger partial charge in [0.2, 0.25) is 0 Å². The van der Waals surface area contributed by atoms with E-state index in [1.807, 2.05) is 0 Å². The monoisotopic (exact) mass is 324 g/mol. The molecule has 2 fully saturated rings. The molecule has 15 heavy (non-hydrogen) atoms. The first-order chi connectivity index (χ1) is 6.99. The van der Waals surface area contributed by atoms with E-state index in [1.165, 1.54) is 0 Å². The fourth-order valence-electron chi connectivity index (χ4n) is 1.06. The Morgan fingerprint density at radius 1 is 0.667 bits per heavy atom. The number of carbonyl (C=O) groups is 4. The molecule has 2 saturated heterocycles. The summed E-state index contributed by atoms with van der Waals surface area (Å²) in [5, 5.41) is 0. The molecule has 80 valence electrons. The van der Waals surface area contributed by atoms with Crippen molar-refractivity contribution in [2.75, 3.05) is 0 Å². The Kier molecular flexibility index (Phi) is 2.29. The Balaban J connectivity index is 2.24. The van der Waals surface area contributed by atoms with Gasteiger partial charge in [-0.1, -0.05) is 0 Å². The standard InChI is InChI=1S/2C3H4O4.Sn/c2*4-2(5)1-3(6)7;/h2*1H2,(H,4,5)(H,6,7);/q;;+4/p-4. The first-order valence-corrected chi connectivity index (χ1v) is 8.52. The van der Waals surface area contributed by atoms with E-state index in [4.69, 9.17) is 0 Å². The van der Waals surface area contributed by atoms with E-state index in [0.29, 0.717) is 0 Å². The predicted molar refractivity (Wildman–Crippen MR) is 39.4 cm³/mol. The van der Waals surface area contributed by atoms with Gasteiger partial charge < -0.3 is 0 Å². The van der Waals surface area contributed by atoms with E-state index >= 15 is 0 Å². The zero-order valence-electron chi connectivity index (χ0n) is 7.18. The van der Waals surface area contributed by atoms with Gasteiger partial charge in [-0.15, -0.1) is 0 Å². The molecule has 0 unspecified atom stereocenters. The summed E-state index contributed by atoms with van der Waals surface area (Å²) < 4.78 is 18.3. The van der Waals surface area contributed by atoms with Gasteiger partial charge in [0, 0.05) is 0 Å². The molecular formula is C6H4O8Sn. The molecule has 1 spiro atoms. The van der Waals surface area contributed by atoms with Crippen LogP contribution in [-0.2, 0) is 31.5 Å². The Morgan fingerprint density at radius 2 is 0.933 bits per heavy atom. The number of hydrogen-bond donors (Lipinski definition) is 0. The van der Waals surface area contributed by atoms with Crippen molar-refractivity contribution in [1.82, 2.24) is 0 Å². The molecule has 0 N–H and O–H groups in total. The summed E-state index contributed by atoms with van der Waals surface area (Å²) >= 11 is -5.02. The maximum absolute atomic E-state index is 10.9. The van der Waals surface area contributed by atoms with E-state index in [1.54, 1.807) is 0 Å². The quantitative estimate of drug-likeness (QED) is 0.388. The second-order valence-electron chi connectivity index (χ2n) is 2.75. The van der Waals surface area contributed by atoms with Crippen LogP contribution in [0.5, 0.6) is 0 Å². The summed E-state index contributed by atoms with van der Waals surface area (Å²) in [6, 6.07) is 0. The van der Waals surface area contributed by atoms with E-state index in [2.05, 4.69) is 12.3 Å². The molecule has 8 nitrogen and oxygen atoms in total. The topological polar surface area (TPSA) is 105 Å². The predicted octanol–water partition coefficient (Wildman–Crippen LogP) is -1.60. The molecule has 9 heteroatoms. The molecule has 0 amide bonds. The summed E-state index contributed by atoms with van der Waals surface area (Å²) in [6.45, 7) is 0. The zero-order chi connectivity index (χ0) is 11.1. The molecule has 0 aromatic rings. The molecule has 2 aliphatic rings. The van der Waals surface area contributed by atoms with Gasteiger partial charge in [-0.25, -0.2) is 0 Å². The first kappa shape index (κ1) is 10.2. The minimum atomic E-state index is -5.02. The van der Waals surface area contributed by atoms with Gasteiger partial charge in [0.05, 0.1) is 0 Å². The first-order valence-electron chi connectivity index (χ1n) is 3.86. The number of hydrogen-bond acceptors (Lipinski definition) is 8. The Bertz CT molecular complexity index is 302. The zero-order valence-corrected chi connectivity index (χ0v) is 10.0. The van der Waals surface area contributed by atoms with Crippen molar-refractivity contribution < 1.29 is 31.5 Å². The fourth-order valence-corrected chi connectivity index (χ4v) is 5.78. The van der Waals surface area contributed by atoms with Crippen LogP contribution >= 0.6 is 0 Å². The molecule has 0 bridgehead atoms. The Morgan fingerprint density at radius 3 is 1.20 bits per heavy atom. The van der Waals surface area contributed by atoms with Gasteiger partial charge in [0.25, 0.3) is 0 Å². The van der Waals surface area contributed by atoms with Crippen molar-refractivity contribution in [3.63, 3.8) is 0 Å².